The van der Waals surface area contributed by atoms with E-state index in [0.717, 1.165) is 61.5 Å². The minimum Gasteiger partial charge on any atom is -0.496 e. The first kappa shape index (κ1) is 20.7. The van der Waals surface area contributed by atoms with Crippen molar-refractivity contribution in [2.24, 2.45) is 5.92 Å². The predicted octanol–water partition coefficient (Wildman–Crippen LogP) is 4.27. The van der Waals surface area contributed by atoms with Crippen LogP contribution >= 0.6 is 0 Å². The van der Waals surface area contributed by atoms with Crippen LogP contribution in [0.4, 0.5) is 10.1 Å². The molecule has 1 saturated carbocycles. The number of aryl methyl sites for hydroxylation is 1. The van der Waals surface area contributed by atoms with Gasteiger partial charge >= 0.3 is 0 Å². The van der Waals surface area contributed by atoms with E-state index in [1.165, 1.54) is 11.6 Å². The van der Waals surface area contributed by atoms with E-state index in [-0.39, 0.29) is 11.7 Å². The summed E-state index contributed by atoms with van der Waals surface area (Å²) in [7, 11) is 1.63. The smallest absolute Gasteiger partial charge is 0.224 e. The van der Waals surface area contributed by atoms with Crippen molar-refractivity contribution in [2.75, 3.05) is 32.1 Å². The number of carbonyl (C=O) groups excluding carboxylic acids is 1. The van der Waals surface area contributed by atoms with Crippen LogP contribution in [0.2, 0.25) is 0 Å². The Morgan fingerprint density at radius 3 is 2.93 bits per heavy atom. The number of hydrogen-bond donors (Lipinski definition) is 2. The van der Waals surface area contributed by atoms with Crippen molar-refractivity contribution >= 4 is 11.6 Å². The molecule has 2 atom stereocenters. The number of methoxy groups -OCH3 is 1. The van der Waals surface area contributed by atoms with E-state index in [2.05, 4.69) is 10.6 Å². The van der Waals surface area contributed by atoms with E-state index in [4.69, 9.17) is 9.47 Å². The molecule has 2 unspecified atom stereocenters. The number of amides is 1. The molecule has 0 bridgehead atoms. The Balaban J connectivity index is 1.11. The third kappa shape index (κ3) is 5.11. The van der Waals surface area contributed by atoms with Gasteiger partial charge in [-0.2, -0.15) is 0 Å². The second kappa shape index (κ2) is 9.47. The van der Waals surface area contributed by atoms with Crippen molar-refractivity contribution in [1.82, 2.24) is 5.32 Å². The maximum atomic E-state index is 13.5. The van der Waals surface area contributed by atoms with E-state index in [1.54, 1.807) is 19.2 Å². The zero-order valence-corrected chi connectivity index (χ0v) is 17.4. The highest BCUT2D eigenvalue weighted by Gasteiger charge is 2.39. The van der Waals surface area contributed by atoms with Crippen LogP contribution in [0, 0.1) is 11.7 Å². The van der Waals surface area contributed by atoms with Gasteiger partial charge in [-0.1, -0.05) is 6.07 Å². The zero-order chi connectivity index (χ0) is 20.9. The Kier molecular flexibility index (Phi) is 6.53. The molecule has 2 aromatic carbocycles. The fourth-order valence-electron chi connectivity index (χ4n) is 4.12. The summed E-state index contributed by atoms with van der Waals surface area (Å²) in [6.45, 7) is 2.53. The molecule has 4 rings (SSSR count). The second-order valence-corrected chi connectivity index (χ2v) is 8.12. The van der Waals surface area contributed by atoms with Crippen LogP contribution in [0.5, 0.6) is 11.5 Å². The fourth-order valence-corrected chi connectivity index (χ4v) is 4.12. The standard InChI is InChI=1S/C24H29FN2O3/c1-29-23-8-6-18(25)13-21(23)20-12-17(20)15-26-10-2-3-11-30-19-7-4-16-5-9-24(28)27-22(16)14-19/h4,6-8,13-14,17,20,26H,2-3,5,9-12,15H2,1H3,(H,27,28). The molecule has 1 heterocycles. The summed E-state index contributed by atoms with van der Waals surface area (Å²) in [6, 6.07) is 10.7. The number of nitrogens with one attached hydrogen (secondary N) is 2. The topological polar surface area (TPSA) is 59.6 Å². The molecule has 30 heavy (non-hydrogen) atoms. The highest BCUT2D eigenvalue weighted by Crippen LogP contribution is 2.50. The molecule has 1 aliphatic heterocycles. The molecule has 0 spiro atoms. The van der Waals surface area contributed by atoms with E-state index in [1.807, 2.05) is 18.2 Å². The predicted molar refractivity (Wildman–Crippen MR) is 115 cm³/mol. The largest absolute Gasteiger partial charge is 0.496 e. The summed E-state index contributed by atoms with van der Waals surface area (Å²) in [5.74, 6) is 2.38. The number of unbranched alkanes of at least 4 members (excludes halogenated alkanes) is 1. The summed E-state index contributed by atoms with van der Waals surface area (Å²) in [5.41, 5.74) is 3.03. The summed E-state index contributed by atoms with van der Waals surface area (Å²) in [4.78, 5) is 11.5. The summed E-state index contributed by atoms with van der Waals surface area (Å²) in [5, 5.41) is 6.41. The van der Waals surface area contributed by atoms with Gasteiger partial charge in [-0.3, -0.25) is 4.79 Å². The van der Waals surface area contributed by atoms with Crippen LogP contribution in [0.15, 0.2) is 36.4 Å². The van der Waals surface area contributed by atoms with Gasteiger partial charge in [0.05, 0.1) is 13.7 Å². The average Bonchev–Trinajstić information content (AvgIpc) is 3.52. The Bertz CT molecular complexity index is 902. The molecule has 1 aliphatic carbocycles. The van der Waals surface area contributed by atoms with Crippen LogP contribution in [0.25, 0.3) is 0 Å². The van der Waals surface area contributed by atoms with Gasteiger partial charge in [0, 0.05) is 23.7 Å². The van der Waals surface area contributed by atoms with Crippen LogP contribution in [0.1, 0.15) is 42.7 Å². The SMILES string of the molecule is COc1ccc(F)cc1C1CC1CNCCCCOc1ccc2c(c1)NC(=O)CC2. The Hall–Kier alpha value is -2.60. The van der Waals surface area contributed by atoms with Crippen molar-refractivity contribution in [3.8, 4) is 11.5 Å². The van der Waals surface area contributed by atoms with Crippen molar-refractivity contribution in [3.63, 3.8) is 0 Å². The number of halogens is 1. The monoisotopic (exact) mass is 412 g/mol. The van der Waals surface area contributed by atoms with Crippen LogP contribution < -0.4 is 20.1 Å². The van der Waals surface area contributed by atoms with Gasteiger partial charge < -0.3 is 20.1 Å². The quantitative estimate of drug-likeness (QED) is 0.572. The Morgan fingerprint density at radius 1 is 1.17 bits per heavy atom. The molecule has 0 aromatic heterocycles. The lowest BCUT2D eigenvalue weighted by Crippen LogP contribution is -2.19. The number of hydrogen-bond acceptors (Lipinski definition) is 4. The maximum absolute atomic E-state index is 13.5. The van der Waals surface area contributed by atoms with Crippen LogP contribution in [-0.2, 0) is 11.2 Å². The zero-order valence-electron chi connectivity index (χ0n) is 17.4. The Labute approximate surface area is 177 Å². The molecule has 0 radical (unpaired) electrons. The number of ether oxygens (including phenoxy) is 2. The van der Waals surface area contributed by atoms with E-state index in [0.29, 0.717) is 24.9 Å². The van der Waals surface area contributed by atoms with Crippen LogP contribution in [0.3, 0.4) is 0 Å². The first-order valence-electron chi connectivity index (χ1n) is 10.7. The van der Waals surface area contributed by atoms with E-state index in [9.17, 15) is 9.18 Å². The van der Waals surface area contributed by atoms with Gasteiger partial charge in [-0.25, -0.2) is 4.39 Å². The Morgan fingerprint density at radius 2 is 2.07 bits per heavy atom. The van der Waals surface area contributed by atoms with Gasteiger partial charge in [0.1, 0.15) is 17.3 Å². The molecule has 2 N–H and O–H groups in total. The van der Waals surface area contributed by atoms with Crippen molar-refractivity contribution in [3.05, 3.63) is 53.3 Å². The summed E-state index contributed by atoms with van der Waals surface area (Å²) >= 11 is 0. The van der Waals surface area contributed by atoms with Gasteiger partial charge in [-0.05, 0) is 80.4 Å². The van der Waals surface area contributed by atoms with E-state index < -0.39 is 0 Å². The minimum atomic E-state index is -0.203. The van der Waals surface area contributed by atoms with Gasteiger partial charge in [0.25, 0.3) is 0 Å². The summed E-state index contributed by atoms with van der Waals surface area (Å²) < 4.78 is 24.7. The number of fused-ring (bicyclic) bond motifs is 1. The van der Waals surface area contributed by atoms with E-state index >= 15 is 0 Å². The number of carbonyl (C=O) groups is 1. The molecule has 0 saturated heterocycles. The molecule has 2 aliphatic rings. The first-order valence-corrected chi connectivity index (χ1v) is 10.7. The first-order chi connectivity index (χ1) is 14.6. The lowest BCUT2D eigenvalue weighted by molar-refractivity contribution is -0.116. The third-order valence-corrected chi connectivity index (χ3v) is 5.91. The third-order valence-electron chi connectivity index (χ3n) is 5.91. The summed E-state index contributed by atoms with van der Waals surface area (Å²) in [6.07, 6.45) is 4.41. The molecule has 2 aromatic rings. The number of rotatable bonds is 10. The van der Waals surface area contributed by atoms with Gasteiger partial charge in [-0.15, -0.1) is 0 Å². The second-order valence-electron chi connectivity index (χ2n) is 8.12. The average molecular weight is 413 g/mol. The minimum absolute atomic E-state index is 0.0690. The molecule has 1 fully saturated rings. The fraction of sp³-hybridized carbons (Fsp3) is 0.458. The van der Waals surface area contributed by atoms with Crippen molar-refractivity contribution in [2.45, 2.75) is 38.0 Å². The number of anilines is 1. The van der Waals surface area contributed by atoms with Crippen molar-refractivity contribution in [1.29, 1.82) is 0 Å². The van der Waals surface area contributed by atoms with Crippen molar-refractivity contribution < 1.29 is 18.7 Å². The van der Waals surface area contributed by atoms with Gasteiger partial charge in [0.15, 0.2) is 0 Å². The molecule has 5 nitrogen and oxygen atoms in total. The molecule has 6 heteroatoms. The normalized spacial score (nSPS) is 19.7. The lowest BCUT2D eigenvalue weighted by atomic mass is 10.0. The molecular weight excluding hydrogens is 383 g/mol. The highest BCUT2D eigenvalue weighted by atomic mass is 19.1. The van der Waals surface area contributed by atoms with Crippen LogP contribution in [-0.4, -0.2) is 32.7 Å². The molecule has 1 amide bonds. The maximum Gasteiger partial charge on any atom is 0.224 e. The van der Waals surface area contributed by atoms with Gasteiger partial charge in [0.2, 0.25) is 5.91 Å². The highest BCUT2D eigenvalue weighted by molar-refractivity contribution is 5.94. The lowest BCUT2D eigenvalue weighted by Gasteiger charge is -2.17. The molecular formula is C24H29FN2O3. The molecule has 160 valence electrons. The number of benzene rings is 2.